The maximum Gasteiger partial charge on any atom is 0.213 e. The normalized spacial score (nSPS) is 9.40. The summed E-state index contributed by atoms with van der Waals surface area (Å²) in [5, 5.41) is 1.74. The molecule has 0 radical (unpaired) electrons. The minimum Gasteiger partial charge on any atom is -0.481 e. The Balaban J connectivity index is 2.80. The van der Waals surface area contributed by atoms with Crippen LogP contribution >= 0.6 is 0 Å². The molecule has 1 rings (SSSR count). The van der Waals surface area contributed by atoms with Gasteiger partial charge in [0, 0.05) is 12.1 Å². The summed E-state index contributed by atoms with van der Waals surface area (Å²) in [5.74, 6) is 0.630. The van der Waals surface area contributed by atoms with Crippen molar-refractivity contribution in [1.29, 1.82) is 0 Å². The number of quaternary nitrogens is 1. The minimum absolute atomic E-state index is 0.630. The summed E-state index contributed by atoms with van der Waals surface area (Å²) in [6, 6.07) is 3.70. The molecule has 0 amide bonds. The molecule has 0 unspecified atom stereocenters. The van der Waals surface area contributed by atoms with Gasteiger partial charge in [-0.25, -0.2) is 4.98 Å². The van der Waals surface area contributed by atoms with E-state index in [-0.39, 0.29) is 0 Å². The Morgan fingerprint density at radius 1 is 1.60 bits per heavy atom. The maximum absolute atomic E-state index is 4.87. The van der Waals surface area contributed by atoms with Crippen molar-refractivity contribution in [3.8, 4) is 5.88 Å². The largest absolute Gasteiger partial charge is 0.481 e. The number of ether oxygens (including phenoxy) is 1. The Labute approximate surface area is 60.0 Å². The minimum atomic E-state index is 0.630. The molecule has 54 valence electrons. The molecule has 3 heteroatoms. The monoisotopic (exact) mass is 138 g/mol. The van der Waals surface area contributed by atoms with Crippen LogP contribution < -0.4 is 10.1 Å². The number of hydrogen-bond acceptors (Lipinski definition) is 2. The number of pyridine rings is 1. The summed E-state index contributed by atoms with van der Waals surface area (Å²) >= 11 is 0. The van der Waals surface area contributed by atoms with Crippen LogP contribution in [0.3, 0.4) is 0 Å². The van der Waals surface area contributed by atoms with Gasteiger partial charge in [-0.05, 0) is 0 Å². The van der Waals surface area contributed by atoms with E-state index in [4.69, 9.17) is 4.74 Å². The van der Waals surface area contributed by atoms with Crippen LogP contribution in [0.2, 0.25) is 0 Å². The molecule has 0 saturated carbocycles. The van der Waals surface area contributed by atoms with Crippen LogP contribution in [0, 0.1) is 7.05 Å². The highest BCUT2D eigenvalue weighted by molar-refractivity contribution is 5.27. The summed E-state index contributed by atoms with van der Waals surface area (Å²) in [4.78, 5) is 3.97. The highest BCUT2D eigenvalue weighted by Crippen LogP contribution is 2.05. The van der Waals surface area contributed by atoms with Gasteiger partial charge in [-0.1, -0.05) is 0 Å². The van der Waals surface area contributed by atoms with Crippen molar-refractivity contribution in [2.75, 3.05) is 7.11 Å². The topological polar surface area (TPSA) is 38.7 Å². The van der Waals surface area contributed by atoms with Crippen LogP contribution in [0.15, 0.2) is 18.3 Å². The van der Waals surface area contributed by atoms with Crippen molar-refractivity contribution in [3.63, 3.8) is 0 Å². The van der Waals surface area contributed by atoms with Crippen LogP contribution in [0.1, 0.15) is 0 Å². The molecule has 1 heterocycles. The first-order valence-electron chi connectivity index (χ1n) is 2.99. The molecule has 10 heavy (non-hydrogen) atoms. The summed E-state index contributed by atoms with van der Waals surface area (Å²) < 4.78 is 4.87. The molecule has 1 aromatic heterocycles. The first-order valence-corrected chi connectivity index (χ1v) is 2.99. The average Bonchev–Trinajstić information content (AvgIpc) is 2.05. The summed E-state index contributed by atoms with van der Waals surface area (Å²) in [6.07, 6.45) is 1.71. The Bertz CT molecular complexity index is 172. The summed E-state index contributed by atoms with van der Waals surface area (Å²) in [6.45, 7) is 0. The zero-order valence-electron chi connectivity index (χ0n) is 5.87. The van der Waals surface area contributed by atoms with Gasteiger partial charge in [-0.2, -0.15) is 0 Å². The standard InChI is InChI=1S/C7H10N2O/c1-8-6-3-4-7(10-2)9-5-6/h3-5H,1,8H2,2H3. The van der Waals surface area contributed by atoms with E-state index in [0.29, 0.717) is 5.88 Å². The van der Waals surface area contributed by atoms with E-state index in [1.54, 1.807) is 24.7 Å². The molecular weight excluding hydrogens is 128 g/mol. The first kappa shape index (κ1) is 7.02. The highest BCUT2D eigenvalue weighted by atomic mass is 16.5. The Morgan fingerprint density at radius 2 is 2.40 bits per heavy atom. The number of aromatic nitrogens is 1. The van der Waals surface area contributed by atoms with Gasteiger partial charge in [0.15, 0.2) is 0 Å². The molecular formula is C7H10N2O. The first-order chi connectivity index (χ1) is 4.86. The zero-order valence-corrected chi connectivity index (χ0v) is 5.87. The lowest BCUT2D eigenvalue weighted by molar-refractivity contribution is -0.505. The molecule has 2 N–H and O–H groups in total. The van der Waals surface area contributed by atoms with Crippen LogP contribution in [0.4, 0.5) is 5.69 Å². The molecule has 0 aliphatic rings. The average molecular weight is 138 g/mol. The van der Waals surface area contributed by atoms with Crippen molar-refractivity contribution in [2.45, 2.75) is 0 Å². The van der Waals surface area contributed by atoms with Crippen molar-refractivity contribution in [2.24, 2.45) is 0 Å². The molecule has 0 saturated heterocycles. The molecule has 3 nitrogen and oxygen atoms in total. The van der Waals surface area contributed by atoms with Gasteiger partial charge in [0.25, 0.3) is 0 Å². The van der Waals surface area contributed by atoms with Crippen LogP contribution in [0.25, 0.3) is 0 Å². The summed E-state index contributed by atoms with van der Waals surface area (Å²) in [7, 11) is 5.20. The number of rotatable bonds is 2. The lowest BCUT2D eigenvalue weighted by Crippen LogP contribution is -2.69. The quantitative estimate of drug-likeness (QED) is 0.588. The maximum atomic E-state index is 4.87. The van der Waals surface area contributed by atoms with Gasteiger partial charge in [0.05, 0.1) is 13.3 Å². The van der Waals surface area contributed by atoms with Crippen LogP contribution in [-0.2, 0) is 0 Å². The molecule has 0 aliphatic carbocycles. The van der Waals surface area contributed by atoms with E-state index in [1.807, 2.05) is 6.07 Å². The predicted octanol–water partition coefficient (Wildman–Crippen LogP) is 0.0767. The third kappa shape index (κ3) is 1.45. The lowest BCUT2D eigenvalue weighted by Gasteiger charge is -1.99. The molecule has 0 aliphatic heterocycles. The SMILES string of the molecule is [CH2-][NH2+]c1ccc(OC)nc1. The Morgan fingerprint density at radius 3 is 2.80 bits per heavy atom. The van der Waals surface area contributed by atoms with E-state index in [1.165, 1.54) is 0 Å². The van der Waals surface area contributed by atoms with Crippen molar-refractivity contribution >= 4 is 5.69 Å². The molecule has 0 fully saturated rings. The molecule has 0 bridgehead atoms. The van der Waals surface area contributed by atoms with Crippen molar-refractivity contribution in [1.82, 2.24) is 4.98 Å². The molecule has 0 atom stereocenters. The second-order valence-corrected chi connectivity index (χ2v) is 1.84. The molecule has 0 spiro atoms. The van der Waals surface area contributed by atoms with E-state index in [0.717, 1.165) is 5.69 Å². The van der Waals surface area contributed by atoms with Gasteiger partial charge < -0.3 is 10.1 Å². The predicted molar refractivity (Wildman–Crippen MR) is 37.7 cm³/mol. The van der Waals surface area contributed by atoms with Gasteiger partial charge >= 0.3 is 0 Å². The van der Waals surface area contributed by atoms with Crippen molar-refractivity contribution < 1.29 is 10.1 Å². The smallest absolute Gasteiger partial charge is 0.213 e. The van der Waals surface area contributed by atoms with E-state index >= 15 is 0 Å². The number of nitrogens with zero attached hydrogens (tertiary/aromatic N) is 1. The fourth-order valence-corrected chi connectivity index (χ4v) is 0.633. The number of methoxy groups -OCH3 is 1. The van der Waals surface area contributed by atoms with Gasteiger partial charge in [-0.15, -0.1) is 7.05 Å². The number of hydrogen-bond donors (Lipinski definition) is 1. The lowest BCUT2D eigenvalue weighted by atomic mass is 10.4. The van der Waals surface area contributed by atoms with Crippen LogP contribution in [-0.4, -0.2) is 12.1 Å². The van der Waals surface area contributed by atoms with E-state index in [9.17, 15) is 0 Å². The Hall–Kier alpha value is -1.09. The highest BCUT2D eigenvalue weighted by Gasteiger charge is 1.91. The molecule has 1 aromatic rings. The third-order valence-electron chi connectivity index (χ3n) is 1.20. The third-order valence-corrected chi connectivity index (χ3v) is 1.20. The van der Waals surface area contributed by atoms with Gasteiger partial charge in [-0.3, -0.25) is 0 Å². The van der Waals surface area contributed by atoms with Crippen molar-refractivity contribution in [3.05, 3.63) is 25.4 Å². The summed E-state index contributed by atoms with van der Waals surface area (Å²) in [5.41, 5.74) is 1.00. The number of nitrogens with two attached hydrogens (primary N) is 1. The van der Waals surface area contributed by atoms with Gasteiger partial charge in [0.1, 0.15) is 5.69 Å². The van der Waals surface area contributed by atoms with Crippen LogP contribution in [0.5, 0.6) is 5.88 Å². The van der Waals surface area contributed by atoms with Gasteiger partial charge in [0.2, 0.25) is 5.88 Å². The van der Waals surface area contributed by atoms with E-state index in [2.05, 4.69) is 12.0 Å². The second-order valence-electron chi connectivity index (χ2n) is 1.84. The fourth-order valence-electron chi connectivity index (χ4n) is 0.633. The second kappa shape index (κ2) is 3.17. The van der Waals surface area contributed by atoms with E-state index < -0.39 is 0 Å². The molecule has 0 aromatic carbocycles. The zero-order chi connectivity index (χ0) is 7.40. The fraction of sp³-hybridized carbons (Fsp3) is 0.143. The Kier molecular flexibility index (Phi) is 2.23.